The highest BCUT2D eigenvalue weighted by atomic mass is 16.1. The van der Waals surface area contributed by atoms with Crippen LogP contribution in [0.4, 0.5) is 0 Å². The lowest BCUT2D eigenvalue weighted by Gasteiger charge is -2.31. The summed E-state index contributed by atoms with van der Waals surface area (Å²) in [6.07, 6.45) is 5.94. The number of likely N-dealkylation sites (tertiary alicyclic amines) is 1. The van der Waals surface area contributed by atoms with Crippen LogP contribution in [0.25, 0.3) is 0 Å². The van der Waals surface area contributed by atoms with Gasteiger partial charge in [0, 0.05) is 36.8 Å². The van der Waals surface area contributed by atoms with Gasteiger partial charge in [-0.05, 0) is 63.2 Å². The van der Waals surface area contributed by atoms with Crippen molar-refractivity contribution in [3.63, 3.8) is 0 Å². The number of aromatic nitrogens is 4. The van der Waals surface area contributed by atoms with E-state index < -0.39 is 0 Å². The van der Waals surface area contributed by atoms with E-state index in [1.807, 2.05) is 6.07 Å². The van der Waals surface area contributed by atoms with Crippen LogP contribution in [0.1, 0.15) is 63.5 Å². The molecular weight excluding hydrogens is 350 g/mol. The lowest BCUT2D eigenvalue weighted by molar-refractivity contribution is 0.161. The monoisotopic (exact) mass is 383 g/mol. The van der Waals surface area contributed by atoms with Crippen molar-refractivity contribution < 1.29 is 0 Å². The van der Waals surface area contributed by atoms with Crippen molar-refractivity contribution in [2.75, 3.05) is 13.1 Å². The van der Waals surface area contributed by atoms with Crippen LogP contribution in [0.5, 0.6) is 0 Å². The van der Waals surface area contributed by atoms with Crippen molar-refractivity contribution in [3.8, 4) is 0 Å². The minimum absolute atomic E-state index is 0.0130. The molecule has 152 valence electrons. The third-order valence-electron chi connectivity index (χ3n) is 6.13. The molecule has 2 aliphatic heterocycles. The summed E-state index contributed by atoms with van der Waals surface area (Å²) in [7, 11) is 0. The smallest absolute Gasteiger partial charge is 0.266 e. The molecule has 4 rings (SSSR count). The van der Waals surface area contributed by atoms with Crippen molar-refractivity contribution in [3.05, 3.63) is 45.6 Å². The second-order valence-corrected chi connectivity index (χ2v) is 9.52. The Labute approximate surface area is 167 Å². The lowest BCUT2D eigenvalue weighted by atomic mass is 9.92. The molecule has 0 aromatic carbocycles. The van der Waals surface area contributed by atoms with Crippen LogP contribution in [0.3, 0.4) is 0 Å². The molecule has 0 aliphatic carbocycles. The first kappa shape index (κ1) is 19.4. The molecule has 0 radical (unpaired) electrons. The normalized spacial score (nSPS) is 19.0. The van der Waals surface area contributed by atoms with Crippen LogP contribution in [0.2, 0.25) is 0 Å². The first-order chi connectivity index (χ1) is 13.4. The van der Waals surface area contributed by atoms with Gasteiger partial charge in [0.25, 0.3) is 5.56 Å². The fraction of sp³-hybridized carbons (Fsp3) is 0.682. The number of nitrogens with zero attached hydrogens (tertiary/aromatic N) is 5. The summed E-state index contributed by atoms with van der Waals surface area (Å²) in [5.74, 6) is 0.520. The van der Waals surface area contributed by atoms with Gasteiger partial charge in [0.2, 0.25) is 0 Å². The number of hydrogen-bond acceptors (Lipinski definition) is 4. The minimum atomic E-state index is -0.0392. The fourth-order valence-electron chi connectivity index (χ4n) is 4.34. The van der Waals surface area contributed by atoms with Gasteiger partial charge in [-0.25, -0.2) is 4.68 Å². The molecule has 6 heteroatoms. The van der Waals surface area contributed by atoms with Crippen molar-refractivity contribution in [2.45, 2.75) is 77.9 Å². The first-order valence-corrected chi connectivity index (χ1v) is 10.7. The summed E-state index contributed by atoms with van der Waals surface area (Å²) in [5.41, 5.74) is 3.57. The highest BCUT2D eigenvalue weighted by Gasteiger charge is 2.23. The average Bonchev–Trinajstić information content (AvgIpc) is 3.06. The second kappa shape index (κ2) is 7.82. The summed E-state index contributed by atoms with van der Waals surface area (Å²) >= 11 is 0. The zero-order valence-corrected chi connectivity index (χ0v) is 17.5. The third kappa shape index (κ3) is 4.37. The van der Waals surface area contributed by atoms with E-state index in [1.54, 1.807) is 10.7 Å². The number of rotatable bonds is 4. The van der Waals surface area contributed by atoms with Crippen LogP contribution in [0.15, 0.2) is 23.0 Å². The first-order valence-electron chi connectivity index (χ1n) is 10.7. The molecule has 4 heterocycles. The van der Waals surface area contributed by atoms with Gasteiger partial charge in [0.15, 0.2) is 0 Å². The Morgan fingerprint density at radius 2 is 1.86 bits per heavy atom. The molecular formula is C22H33N5O. The molecule has 2 aromatic heterocycles. The number of hydrogen-bond donors (Lipinski definition) is 0. The van der Waals surface area contributed by atoms with Crippen LogP contribution in [-0.2, 0) is 31.5 Å². The molecule has 2 aliphatic rings. The zero-order chi connectivity index (χ0) is 19.7. The average molecular weight is 384 g/mol. The van der Waals surface area contributed by atoms with Gasteiger partial charge in [-0.3, -0.25) is 14.4 Å². The zero-order valence-electron chi connectivity index (χ0n) is 17.5. The molecule has 0 N–H and O–H groups in total. The highest BCUT2D eigenvalue weighted by Crippen LogP contribution is 2.22. The molecule has 0 saturated carbocycles. The Morgan fingerprint density at radius 1 is 1.07 bits per heavy atom. The highest BCUT2D eigenvalue weighted by molar-refractivity contribution is 5.12. The quantitative estimate of drug-likeness (QED) is 0.814. The predicted molar refractivity (Wildman–Crippen MR) is 110 cm³/mol. The SMILES string of the molecule is CC(C)(C)c1ccc(=O)n(CC2CCN(Cc3cc4n(n3)CCCC4)CC2)n1. The van der Waals surface area contributed by atoms with Crippen LogP contribution < -0.4 is 5.56 Å². The molecule has 0 unspecified atom stereocenters. The van der Waals surface area contributed by atoms with E-state index in [1.165, 1.54) is 30.7 Å². The molecule has 0 atom stereocenters. The van der Waals surface area contributed by atoms with Gasteiger partial charge in [-0.15, -0.1) is 0 Å². The van der Waals surface area contributed by atoms with E-state index in [-0.39, 0.29) is 11.0 Å². The van der Waals surface area contributed by atoms with Gasteiger partial charge >= 0.3 is 0 Å². The Kier molecular flexibility index (Phi) is 5.41. The number of fused-ring (bicyclic) bond motifs is 1. The van der Waals surface area contributed by atoms with Crippen LogP contribution in [-0.4, -0.2) is 37.6 Å². The second-order valence-electron chi connectivity index (χ2n) is 9.52. The Morgan fingerprint density at radius 3 is 2.57 bits per heavy atom. The van der Waals surface area contributed by atoms with Gasteiger partial charge in [-0.2, -0.15) is 10.2 Å². The largest absolute Gasteiger partial charge is 0.297 e. The molecule has 28 heavy (non-hydrogen) atoms. The maximum Gasteiger partial charge on any atom is 0.266 e. The molecule has 0 amide bonds. The van der Waals surface area contributed by atoms with Crippen molar-refractivity contribution in [1.29, 1.82) is 0 Å². The summed E-state index contributed by atoms with van der Waals surface area (Å²) in [6.45, 7) is 11.3. The summed E-state index contributed by atoms with van der Waals surface area (Å²) in [6, 6.07) is 5.84. The van der Waals surface area contributed by atoms with E-state index in [4.69, 9.17) is 5.10 Å². The van der Waals surface area contributed by atoms with Gasteiger partial charge in [0.1, 0.15) is 0 Å². The van der Waals surface area contributed by atoms with Crippen molar-refractivity contribution >= 4 is 0 Å². The Balaban J connectivity index is 1.33. The topological polar surface area (TPSA) is 56.0 Å². The fourth-order valence-corrected chi connectivity index (χ4v) is 4.34. The molecule has 0 bridgehead atoms. The van der Waals surface area contributed by atoms with E-state index in [0.29, 0.717) is 5.92 Å². The molecule has 1 fully saturated rings. The number of piperidine rings is 1. The van der Waals surface area contributed by atoms with Gasteiger partial charge in [0.05, 0.1) is 11.4 Å². The minimum Gasteiger partial charge on any atom is -0.297 e. The van der Waals surface area contributed by atoms with Gasteiger partial charge in [-0.1, -0.05) is 20.8 Å². The van der Waals surface area contributed by atoms with E-state index in [9.17, 15) is 4.79 Å². The standard InChI is InChI=1S/C22H33N5O/c1-22(2,3)20-7-8-21(28)27(24-20)15-17-9-12-25(13-10-17)16-18-14-19-6-4-5-11-26(19)23-18/h7-8,14,17H,4-6,9-13,15-16H2,1-3H3. The maximum absolute atomic E-state index is 12.3. The summed E-state index contributed by atoms with van der Waals surface area (Å²) in [5, 5.41) is 9.43. The molecule has 1 saturated heterocycles. The molecule has 2 aromatic rings. The third-order valence-corrected chi connectivity index (χ3v) is 6.13. The van der Waals surface area contributed by atoms with E-state index in [2.05, 4.69) is 41.5 Å². The predicted octanol–water partition coefficient (Wildman–Crippen LogP) is 2.99. The van der Waals surface area contributed by atoms with E-state index >= 15 is 0 Å². The van der Waals surface area contributed by atoms with Crippen molar-refractivity contribution in [1.82, 2.24) is 24.5 Å². The number of aryl methyl sites for hydroxylation is 2. The van der Waals surface area contributed by atoms with Crippen molar-refractivity contribution in [2.24, 2.45) is 5.92 Å². The maximum atomic E-state index is 12.3. The molecule has 0 spiro atoms. The van der Waals surface area contributed by atoms with Gasteiger partial charge < -0.3 is 0 Å². The summed E-state index contributed by atoms with van der Waals surface area (Å²) in [4.78, 5) is 14.8. The van der Waals surface area contributed by atoms with Crippen LogP contribution in [0, 0.1) is 5.92 Å². The lowest BCUT2D eigenvalue weighted by Crippen LogP contribution is -2.37. The Bertz CT molecular complexity index is 844. The van der Waals surface area contributed by atoms with Crippen LogP contribution >= 0.6 is 0 Å². The Hall–Kier alpha value is -1.95. The van der Waals surface area contributed by atoms with E-state index in [0.717, 1.165) is 51.3 Å². The summed E-state index contributed by atoms with van der Waals surface area (Å²) < 4.78 is 3.89. The molecule has 6 nitrogen and oxygen atoms in total.